The largest absolute Gasteiger partial charge is 0.416 e. The van der Waals surface area contributed by atoms with Crippen molar-refractivity contribution in [3.05, 3.63) is 53.6 Å². The molecule has 10 heteroatoms. The molecule has 0 spiro atoms. The molecule has 2 amide bonds. The van der Waals surface area contributed by atoms with Gasteiger partial charge in [-0.25, -0.2) is 14.4 Å². The molecule has 28 heavy (non-hydrogen) atoms. The molecule has 1 saturated heterocycles. The van der Waals surface area contributed by atoms with Crippen molar-refractivity contribution in [1.29, 1.82) is 0 Å². The molecule has 1 aliphatic rings. The summed E-state index contributed by atoms with van der Waals surface area (Å²) >= 11 is 0. The van der Waals surface area contributed by atoms with Gasteiger partial charge < -0.3 is 4.90 Å². The van der Waals surface area contributed by atoms with Gasteiger partial charge in [0, 0.05) is 19.5 Å². The highest BCUT2D eigenvalue weighted by atomic mass is 19.4. The first-order valence-corrected chi connectivity index (χ1v) is 8.46. The first kappa shape index (κ1) is 19.7. The summed E-state index contributed by atoms with van der Waals surface area (Å²) in [4.78, 5) is 34.8. The summed E-state index contributed by atoms with van der Waals surface area (Å²) in [6, 6.07) is 4.63. The fourth-order valence-electron chi connectivity index (χ4n) is 2.81. The van der Waals surface area contributed by atoms with E-state index < -0.39 is 17.6 Å². The van der Waals surface area contributed by atoms with E-state index in [1.807, 2.05) is 0 Å². The smallest absolute Gasteiger partial charge is 0.332 e. The molecule has 0 atom stereocenters. The van der Waals surface area contributed by atoms with Crippen molar-refractivity contribution in [2.75, 3.05) is 24.5 Å². The predicted octanol–water partition coefficient (Wildman–Crippen LogP) is 2.44. The van der Waals surface area contributed by atoms with Crippen LogP contribution in [0.5, 0.6) is 0 Å². The predicted molar refractivity (Wildman–Crippen MR) is 90.7 cm³/mol. The van der Waals surface area contributed by atoms with Crippen LogP contribution in [-0.2, 0) is 22.2 Å². The zero-order valence-electron chi connectivity index (χ0n) is 14.6. The maximum absolute atomic E-state index is 12.9. The van der Waals surface area contributed by atoms with Crippen LogP contribution in [0.3, 0.4) is 0 Å². The molecule has 2 aromatic rings. The number of benzene rings is 1. The molecule has 0 aliphatic carbocycles. The molecule has 0 bridgehead atoms. The van der Waals surface area contributed by atoms with Crippen LogP contribution in [0.15, 0.2) is 36.7 Å². The highest BCUT2D eigenvalue weighted by Crippen LogP contribution is 2.29. The van der Waals surface area contributed by atoms with Gasteiger partial charge in [-0.3, -0.25) is 14.5 Å². The van der Waals surface area contributed by atoms with E-state index in [-0.39, 0.29) is 50.2 Å². The number of halogens is 4. The Hall–Kier alpha value is -3.04. The molecule has 0 unspecified atom stereocenters. The molecule has 1 aromatic carbocycles. The van der Waals surface area contributed by atoms with E-state index in [0.717, 1.165) is 24.5 Å². The minimum Gasteiger partial charge on any atom is -0.332 e. The molecule has 3 rings (SSSR count). The highest BCUT2D eigenvalue weighted by Gasteiger charge is 2.31. The molecule has 0 radical (unpaired) electrons. The first-order chi connectivity index (χ1) is 13.2. The summed E-state index contributed by atoms with van der Waals surface area (Å²) in [6.07, 6.45) is -2.14. The summed E-state index contributed by atoms with van der Waals surface area (Å²) in [5.41, 5.74) is -0.140. The summed E-state index contributed by atoms with van der Waals surface area (Å²) in [5.74, 6) is -1.20. The van der Waals surface area contributed by atoms with Crippen LogP contribution in [0.4, 0.5) is 23.5 Å². The van der Waals surface area contributed by atoms with Crippen molar-refractivity contribution < 1.29 is 27.2 Å². The number of piperazine rings is 1. The highest BCUT2D eigenvalue weighted by molar-refractivity contribution is 5.96. The number of aromatic nitrogens is 2. The summed E-state index contributed by atoms with van der Waals surface area (Å²) in [7, 11) is 0. The molecule has 148 valence electrons. The number of hydrogen-bond acceptors (Lipinski definition) is 4. The van der Waals surface area contributed by atoms with Gasteiger partial charge in [-0.2, -0.15) is 13.2 Å². The van der Waals surface area contributed by atoms with Crippen molar-refractivity contribution in [3.8, 4) is 0 Å². The minimum atomic E-state index is -4.40. The van der Waals surface area contributed by atoms with Crippen LogP contribution in [0.1, 0.15) is 17.5 Å². The van der Waals surface area contributed by atoms with Crippen LogP contribution in [0.25, 0.3) is 0 Å². The van der Waals surface area contributed by atoms with Gasteiger partial charge in [-0.15, -0.1) is 0 Å². The number of hydrogen-bond donors (Lipinski definition) is 0. The second-order valence-corrected chi connectivity index (χ2v) is 6.26. The van der Waals surface area contributed by atoms with Crippen LogP contribution in [0, 0.1) is 5.82 Å². The molecule has 6 nitrogen and oxygen atoms in total. The Morgan fingerprint density at radius 1 is 1.07 bits per heavy atom. The first-order valence-electron chi connectivity index (χ1n) is 8.46. The number of anilines is 1. The van der Waals surface area contributed by atoms with Crippen molar-refractivity contribution in [2.45, 2.75) is 19.0 Å². The van der Waals surface area contributed by atoms with E-state index in [1.54, 1.807) is 0 Å². The third-order valence-corrected chi connectivity index (χ3v) is 4.33. The molecule has 0 N–H and O–H groups in total. The molecular weight excluding hydrogens is 380 g/mol. The quantitative estimate of drug-likeness (QED) is 0.745. The topological polar surface area (TPSA) is 66.4 Å². The second kappa shape index (κ2) is 7.91. The van der Waals surface area contributed by atoms with Gasteiger partial charge in [0.05, 0.1) is 18.0 Å². The average Bonchev–Trinajstić information content (AvgIpc) is 2.66. The third kappa shape index (κ3) is 4.62. The van der Waals surface area contributed by atoms with E-state index in [9.17, 15) is 27.2 Å². The number of carbonyl (C=O) groups is 2. The van der Waals surface area contributed by atoms with Crippen molar-refractivity contribution >= 4 is 17.8 Å². The molecule has 0 saturated carbocycles. The Kier molecular flexibility index (Phi) is 5.57. The van der Waals surface area contributed by atoms with Crippen molar-refractivity contribution in [1.82, 2.24) is 14.9 Å². The summed E-state index contributed by atoms with van der Waals surface area (Å²) in [5, 5.41) is 0. The van der Waals surface area contributed by atoms with Gasteiger partial charge >= 0.3 is 6.18 Å². The van der Waals surface area contributed by atoms with Gasteiger partial charge in [-0.05, 0) is 24.1 Å². The van der Waals surface area contributed by atoms with E-state index in [2.05, 4.69) is 9.97 Å². The van der Waals surface area contributed by atoms with Crippen LogP contribution >= 0.6 is 0 Å². The lowest BCUT2D eigenvalue weighted by molar-refractivity contribution is -0.137. The summed E-state index contributed by atoms with van der Waals surface area (Å²) in [6.45, 7) is 0.279. The number of aryl methyl sites for hydroxylation is 1. The van der Waals surface area contributed by atoms with Crippen molar-refractivity contribution in [3.63, 3.8) is 0 Å². The number of carbonyl (C=O) groups excluding carboxylic acids is 2. The fourth-order valence-corrected chi connectivity index (χ4v) is 2.81. The second-order valence-electron chi connectivity index (χ2n) is 6.26. The van der Waals surface area contributed by atoms with Gasteiger partial charge in [0.25, 0.3) is 0 Å². The third-order valence-electron chi connectivity index (χ3n) is 4.33. The number of alkyl halides is 3. The minimum absolute atomic E-state index is 0.0725. The van der Waals surface area contributed by atoms with Crippen LogP contribution in [0.2, 0.25) is 0 Å². The van der Waals surface area contributed by atoms with Crippen LogP contribution < -0.4 is 4.90 Å². The molecule has 1 aliphatic heterocycles. The number of amides is 2. The Morgan fingerprint density at radius 3 is 2.29 bits per heavy atom. The zero-order chi connectivity index (χ0) is 20.3. The number of rotatable bonds is 4. The Morgan fingerprint density at radius 2 is 1.71 bits per heavy atom. The summed E-state index contributed by atoms with van der Waals surface area (Å²) < 4.78 is 50.6. The van der Waals surface area contributed by atoms with Crippen LogP contribution in [-0.4, -0.2) is 46.3 Å². The van der Waals surface area contributed by atoms with Gasteiger partial charge in [0.15, 0.2) is 5.82 Å². The van der Waals surface area contributed by atoms with Gasteiger partial charge in [-0.1, -0.05) is 12.1 Å². The Balaban J connectivity index is 1.53. The van der Waals surface area contributed by atoms with E-state index in [0.29, 0.717) is 5.56 Å². The average molecular weight is 396 g/mol. The monoisotopic (exact) mass is 396 g/mol. The van der Waals surface area contributed by atoms with E-state index >= 15 is 0 Å². The van der Waals surface area contributed by atoms with Gasteiger partial charge in [0.2, 0.25) is 17.8 Å². The SMILES string of the molecule is O=C(CCc1ccc(C(F)(F)F)cc1)N1CCN(c2ncc(F)cn2)C(=O)C1. The lowest BCUT2D eigenvalue weighted by atomic mass is 10.1. The maximum Gasteiger partial charge on any atom is 0.416 e. The normalized spacial score (nSPS) is 15.1. The van der Waals surface area contributed by atoms with Gasteiger partial charge in [0.1, 0.15) is 6.54 Å². The fraction of sp³-hybridized carbons (Fsp3) is 0.333. The lowest BCUT2D eigenvalue weighted by Gasteiger charge is -2.33. The van der Waals surface area contributed by atoms with E-state index in [1.165, 1.54) is 21.9 Å². The van der Waals surface area contributed by atoms with E-state index in [4.69, 9.17) is 0 Å². The Labute approximate surface area is 157 Å². The molecular formula is C18H16F4N4O2. The zero-order valence-corrected chi connectivity index (χ0v) is 14.6. The molecule has 2 heterocycles. The molecule has 1 fully saturated rings. The standard InChI is InChI=1S/C18H16F4N4O2/c19-14-9-23-17(24-10-14)26-8-7-25(11-16(26)28)15(27)6-3-12-1-4-13(5-2-12)18(20,21)22/h1-2,4-5,9-10H,3,6-8,11H2. The Bertz CT molecular complexity index is 853. The molecule has 1 aromatic heterocycles. The number of nitrogens with zero attached hydrogens (tertiary/aromatic N) is 4. The van der Waals surface area contributed by atoms with Crippen molar-refractivity contribution in [2.24, 2.45) is 0 Å². The lowest BCUT2D eigenvalue weighted by Crippen LogP contribution is -2.53. The maximum atomic E-state index is 12.9.